The molecule has 0 spiro atoms. The molecule has 3 aromatic rings. The predicted octanol–water partition coefficient (Wildman–Crippen LogP) is 2.92. The van der Waals surface area contributed by atoms with E-state index in [2.05, 4.69) is 15.3 Å². The third kappa shape index (κ3) is 2.97. The van der Waals surface area contributed by atoms with Crippen LogP contribution in [0.15, 0.2) is 28.0 Å². The van der Waals surface area contributed by atoms with Gasteiger partial charge in [0, 0.05) is 23.4 Å². The summed E-state index contributed by atoms with van der Waals surface area (Å²) in [4.78, 5) is 21.0. The number of carbonyl (C=O) groups is 1. The van der Waals surface area contributed by atoms with Crippen molar-refractivity contribution in [1.82, 2.24) is 9.97 Å². The smallest absolute Gasteiger partial charge is 0.275 e. The number of hydrogen-bond acceptors (Lipinski definition) is 6. The number of thiazole rings is 1. The van der Waals surface area contributed by atoms with E-state index in [1.165, 1.54) is 11.3 Å². The number of carbonyl (C=O) groups excluding carboxylic acids is 1. The van der Waals surface area contributed by atoms with Gasteiger partial charge < -0.3 is 15.5 Å². The molecule has 1 saturated carbocycles. The van der Waals surface area contributed by atoms with Crippen LogP contribution in [-0.2, 0) is 6.42 Å². The molecule has 0 saturated heterocycles. The van der Waals surface area contributed by atoms with Crippen LogP contribution in [-0.4, -0.2) is 22.4 Å². The summed E-state index contributed by atoms with van der Waals surface area (Å²) in [7, 11) is 0. The molecule has 2 heterocycles. The van der Waals surface area contributed by atoms with Crippen molar-refractivity contribution >= 4 is 34.0 Å². The molecule has 1 aromatic carbocycles. The van der Waals surface area contributed by atoms with Gasteiger partial charge >= 0.3 is 0 Å². The van der Waals surface area contributed by atoms with Gasteiger partial charge in [-0.15, -0.1) is 11.3 Å². The zero-order chi connectivity index (χ0) is 15.8. The number of aromatic nitrogens is 2. The first-order chi connectivity index (χ1) is 11.2. The largest absolute Gasteiger partial charge is 0.440 e. The van der Waals surface area contributed by atoms with E-state index in [-0.39, 0.29) is 5.91 Å². The van der Waals surface area contributed by atoms with Gasteiger partial charge in [0.25, 0.3) is 5.91 Å². The normalized spacial score (nSPS) is 14.3. The van der Waals surface area contributed by atoms with Gasteiger partial charge in [0.05, 0.1) is 5.01 Å². The molecule has 2 aromatic heterocycles. The SMILES string of the molecule is NCCc1nc(C(=O)Nc2ccc3oc(C4CC4)nc3c2)cs1. The number of anilines is 1. The summed E-state index contributed by atoms with van der Waals surface area (Å²) >= 11 is 1.45. The number of rotatable bonds is 5. The summed E-state index contributed by atoms with van der Waals surface area (Å²) in [5.74, 6) is 1.04. The lowest BCUT2D eigenvalue weighted by atomic mass is 10.3. The highest BCUT2D eigenvalue weighted by Crippen LogP contribution is 2.40. The molecular weight excluding hydrogens is 312 g/mol. The fourth-order valence-corrected chi connectivity index (χ4v) is 3.17. The molecule has 1 aliphatic rings. The summed E-state index contributed by atoms with van der Waals surface area (Å²) in [5.41, 5.74) is 8.12. The second-order valence-corrected chi connectivity index (χ2v) is 6.57. The number of nitrogens with two attached hydrogens (primary N) is 1. The maximum atomic E-state index is 12.2. The molecule has 0 atom stereocenters. The topological polar surface area (TPSA) is 94.0 Å². The second-order valence-electron chi connectivity index (χ2n) is 5.63. The molecule has 3 N–H and O–H groups in total. The van der Waals surface area contributed by atoms with Crippen molar-refractivity contribution in [1.29, 1.82) is 0 Å². The molecule has 0 aliphatic heterocycles. The van der Waals surface area contributed by atoms with Gasteiger partial charge in [-0.25, -0.2) is 9.97 Å². The standard InChI is InChI=1S/C16H16N4O2S/c17-6-5-14-19-12(8-23-14)15(21)18-10-3-4-13-11(7-10)20-16(22-13)9-1-2-9/h3-4,7-9H,1-2,5-6,17H2,(H,18,21). The van der Waals surface area contributed by atoms with Gasteiger partial charge in [-0.05, 0) is 37.6 Å². The molecule has 1 aliphatic carbocycles. The Morgan fingerprint density at radius 3 is 3.04 bits per heavy atom. The summed E-state index contributed by atoms with van der Waals surface area (Å²) in [6, 6.07) is 5.48. The van der Waals surface area contributed by atoms with Crippen LogP contribution in [0.5, 0.6) is 0 Å². The molecule has 0 bridgehead atoms. The van der Waals surface area contributed by atoms with Crippen molar-refractivity contribution in [3.05, 3.63) is 40.2 Å². The van der Waals surface area contributed by atoms with Gasteiger partial charge in [0.15, 0.2) is 11.5 Å². The zero-order valence-corrected chi connectivity index (χ0v) is 13.2. The number of amides is 1. The van der Waals surface area contributed by atoms with Crippen LogP contribution >= 0.6 is 11.3 Å². The third-order valence-electron chi connectivity index (χ3n) is 3.73. The van der Waals surface area contributed by atoms with Gasteiger partial charge in [-0.3, -0.25) is 4.79 Å². The fraction of sp³-hybridized carbons (Fsp3) is 0.312. The molecule has 7 heteroatoms. The van der Waals surface area contributed by atoms with Crippen molar-refractivity contribution in [3.63, 3.8) is 0 Å². The lowest BCUT2D eigenvalue weighted by Gasteiger charge is -2.02. The van der Waals surface area contributed by atoms with E-state index in [1.54, 1.807) is 5.38 Å². The fourth-order valence-electron chi connectivity index (χ4n) is 2.38. The highest BCUT2D eigenvalue weighted by Gasteiger charge is 2.28. The Morgan fingerprint density at radius 2 is 2.26 bits per heavy atom. The van der Waals surface area contributed by atoms with Gasteiger partial charge in [-0.2, -0.15) is 0 Å². The second kappa shape index (κ2) is 5.75. The average Bonchev–Trinajstić information content (AvgIpc) is 3.13. The Morgan fingerprint density at radius 1 is 1.39 bits per heavy atom. The van der Waals surface area contributed by atoms with Crippen LogP contribution in [0.25, 0.3) is 11.1 Å². The quantitative estimate of drug-likeness (QED) is 0.751. The molecule has 1 amide bonds. The van der Waals surface area contributed by atoms with E-state index in [4.69, 9.17) is 10.2 Å². The Bertz CT molecular complexity index is 866. The van der Waals surface area contributed by atoms with Crippen molar-refractivity contribution in [3.8, 4) is 0 Å². The Balaban J connectivity index is 1.52. The van der Waals surface area contributed by atoms with Crippen LogP contribution in [0.4, 0.5) is 5.69 Å². The monoisotopic (exact) mass is 328 g/mol. The number of hydrogen-bond donors (Lipinski definition) is 2. The number of fused-ring (bicyclic) bond motifs is 1. The first-order valence-corrected chi connectivity index (χ1v) is 8.47. The maximum Gasteiger partial charge on any atom is 0.275 e. The van der Waals surface area contributed by atoms with Crippen molar-refractivity contribution in [2.75, 3.05) is 11.9 Å². The summed E-state index contributed by atoms with van der Waals surface area (Å²) in [6.45, 7) is 0.528. The number of nitrogens with one attached hydrogen (secondary N) is 1. The van der Waals surface area contributed by atoms with E-state index in [0.717, 1.165) is 34.8 Å². The van der Waals surface area contributed by atoms with E-state index >= 15 is 0 Å². The van der Waals surface area contributed by atoms with E-state index in [9.17, 15) is 4.79 Å². The Labute approximate surface area is 136 Å². The van der Waals surface area contributed by atoms with Crippen molar-refractivity contribution in [2.24, 2.45) is 5.73 Å². The first kappa shape index (κ1) is 14.3. The molecular formula is C16H16N4O2S. The molecule has 23 heavy (non-hydrogen) atoms. The van der Waals surface area contributed by atoms with Gasteiger partial charge in [0.2, 0.25) is 0 Å². The summed E-state index contributed by atoms with van der Waals surface area (Å²) < 4.78 is 5.72. The van der Waals surface area contributed by atoms with Gasteiger partial charge in [0.1, 0.15) is 11.2 Å². The molecule has 118 valence electrons. The molecule has 6 nitrogen and oxygen atoms in total. The van der Waals surface area contributed by atoms with E-state index in [1.807, 2.05) is 18.2 Å². The number of nitrogens with zero attached hydrogens (tertiary/aromatic N) is 2. The highest BCUT2D eigenvalue weighted by molar-refractivity contribution is 7.09. The van der Waals surface area contributed by atoms with Crippen LogP contribution in [0.1, 0.15) is 40.1 Å². The lowest BCUT2D eigenvalue weighted by Crippen LogP contribution is -2.12. The first-order valence-electron chi connectivity index (χ1n) is 7.59. The van der Waals surface area contributed by atoms with Gasteiger partial charge in [-0.1, -0.05) is 0 Å². The zero-order valence-electron chi connectivity index (χ0n) is 12.4. The minimum Gasteiger partial charge on any atom is -0.440 e. The average molecular weight is 328 g/mol. The molecule has 0 unspecified atom stereocenters. The molecule has 1 fully saturated rings. The van der Waals surface area contributed by atoms with Crippen molar-refractivity contribution in [2.45, 2.75) is 25.2 Å². The van der Waals surface area contributed by atoms with Crippen LogP contribution in [0.3, 0.4) is 0 Å². The minimum atomic E-state index is -0.227. The Kier molecular flexibility index (Phi) is 3.59. The molecule has 4 rings (SSSR count). The van der Waals surface area contributed by atoms with Crippen molar-refractivity contribution < 1.29 is 9.21 Å². The highest BCUT2D eigenvalue weighted by atomic mass is 32.1. The van der Waals surface area contributed by atoms with Crippen LogP contribution in [0, 0.1) is 0 Å². The number of oxazole rings is 1. The van der Waals surface area contributed by atoms with Crippen LogP contribution in [0.2, 0.25) is 0 Å². The maximum absolute atomic E-state index is 12.2. The Hall–Kier alpha value is -2.25. The third-order valence-corrected chi connectivity index (χ3v) is 4.64. The van der Waals surface area contributed by atoms with E-state index in [0.29, 0.717) is 30.3 Å². The lowest BCUT2D eigenvalue weighted by molar-refractivity contribution is 0.102. The number of benzene rings is 1. The van der Waals surface area contributed by atoms with E-state index < -0.39 is 0 Å². The minimum absolute atomic E-state index is 0.227. The molecule has 0 radical (unpaired) electrons. The summed E-state index contributed by atoms with van der Waals surface area (Å²) in [5, 5.41) is 5.48. The summed E-state index contributed by atoms with van der Waals surface area (Å²) in [6.07, 6.45) is 2.98. The van der Waals surface area contributed by atoms with Crippen LogP contribution < -0.4 is 11.1 Å². The predicted molar refractivity (Wildman–Crippen MR) is 88.8 cm³/mol.